The van der Waals surface area contributed by atoms with Gasteiger partial charge in [0.1, 0.15) is 11.6 Å². The van der Waals surface area contributed by atoms with Crippen LogP contribution in [0.15, 0.2) is 36.4 Å². The van der Waals surface area contributed by atoms with Crippen molar-refractivity contribution in [1.82, 2.24) is 0 Å². The van der Waals surface area contributed by atoms with Gasteiger partial charge in [-0.15, -0.1) is 0 Å². The van der Waals surface area contributed by atoms with Crippen LogP contribution < -0.4 is 9.47 Å². The van der Waals surface area contributed by atoms with Gasteiger partial charge in [0.15, 0.2) is 11.6 Å². The zero-order valence-corrected chi connectivity index (χ0v) is 14.9. The summed E-state index contributed by atoms with van der Waals surface area (Å²) in [6, 6.07) is 7.19. The van der Waals surface area contributed by atoms with E-state index < -0.39 is 29.9 Å². The first-order chi connectivity index (χ1) is 13.1. The third-order valence-electron chi connectivity index (χ3n) is 4.32. The van der Waals surface area contributed by atoms with E-state index in [1.165, 1.54) is 6.07 Å². The molecule has 0 bridgehead atoms. The second-order valence-corrected chi connectivity index (χ2v) is 6.87. The standard InChI is InChI=1S/C20H18F6O2/c1-11(13-2-5-17(22)18(9-13)27-15-3-4-15)6-12-7-14(21)10-16(8-12)28-20(25,26)19(23)24/h2,5,7-11,15,19H,3-4,6H2,1H3. The highest BCUT2D eigenvalue weighted by Crippen LogP contribution is 2.33. The van der Waals surface area contributed by atoms with Gasteiger partial charge in [-0.05, 0) is 60.6 Å². The zero-order chi connectivity index (χ0) is 20.5. The minimum Gasteiger partial charge on any atom is -0.487 e. The summed E-state index contributed by atoms with van der Waals surface area (Å²) in [6.07, 6.45) is -6.81. The fourth-order valence-corrected chi connectivity index (χ4v) is 2.75. The lowest BCUT2D eigenvalue weighted by Crippen LogP contribution is -2.33. The molecule has 0 heterocycles. The van der Waals surface area contributed by atoms with Gasteiger partial charge in [0, 0.05) is 6.07 Å². The van der Waals surface area contributed by atoms with Gasteiger partial charge >= 0.3 is 12.5 Å². The fourth-order valence-electron chi connectivity index (χ4n) is 2.75. The molecule has 2 aromatic carbocycles. The summed E-state index contributed by atoms with van der Waals surface area (Å²) in [7, 11) is 0. The van der Waals surface area contributed by atoms with Crippen molar-refractivity contribution in [3.63, 3.8) is 0 Å². The molecule has 0 aliphatic heterocycles. The van der Waals surface area contributed by atoms with Gasteiger partial charge in [-0.1, -0.05) is 13.0 Å². The average molecular weight is 404 g/mol. The zero-order valence-electron chi connectivity index (χ0n) is 14.9. The van der Waals surface area contributed by atoms with Crippen molar-refractivity contribution >= 4 is 0 Å². The minimum atomic E-state index is -4.72. The molecule has 0 saturated heterocycles. The van der Waals surface area contributed by atoms with E-state index in [4.69, 9.17) is 4.74 Å². The third-order valence-corrected chi connectivity index (χ3v) is 4.32. The van der Waals surface area contributed by atoms with Crippen molar-refractivity contribution in [3.8, 4) is 11.5 Å². The van der Waals surface area contributed by atoms with Crippen molar-refractivity contribution in [2.45, 2.75) is 50.7 Å². The second kappa shape index (κ2) is 7.93. The lowest BCUT2D eigenvalue weighted by Gasteiger charge is -2.18. The molecule has 152 valence electrons. The topological polar surface area (TPSA) is 18.5 Å². The summed E-state index contributed by atoms with van der Waals surface area (Å²) in [5.41, 5.74) is 0.989. The van der Waals surface area contributed by atoms with Crippen molar-refractivity contribution in [2.75, 3.05) is 0 Å². The SMILES string of the molecule is CC(Cc1cc(F)cc(OC(F)(F)C(F)F)c1)c1ccc(F)c(OC2CC2)c1. The Morgan fingerprint density at radius 2 is 1.79 bits per heavy atom. The molecule has 1 saturated carbocycles. The van der Waals surface area contributed by atoms with E-state index in [0.29, 0.717) is 11.6 Å². The Labute approximate surface area is 158 Å². The number of benzene rings is 2. The predicted molar refractivity (Wildman–Crippen MR) is 90.1 cm³/mol. The maximum Gasteiger partial charge on any atom is 0.461 e. The summed E-state index contributed by atoms with van der Waals surface area (Å²) < 4.78 is 87.8. The number of halogens is 6. The Hall–Kier alpha value is -2.38. The molecule has 1 atom stereocenters. The van der Waals surface area contributed by atoms with Crippen LogP contribution in [0, 0.1) is 11.6 Å². The summed E-state index contributed by atoms with van der Waals surface area (Å²) in [5.74, 6) is -2.18. The van der Waals surface area contributed by atoms with Crippen LogP contribution in [0.25, 0.3) is 0 Å². The van der Waals surface area contributed by atoms with Crippen molar-refractivity contribution in [1.29, 1.82) is 0 Å². The molecule has 8 heteroatoms. The Kier molecular flexibility index (Phi) is 5.76. The van der Waals surface area contributed by atoms with Crippen molar-refractivity contribution in [2.24, 2.45) is 0 Å². The predicted octanol–water partition coefficient (Wildman–Crippen LogP) is 6.09. The highest BCUT2D eigenvalue weighted by molar-refractivity contribution is 5.35. The smallest absolute Gasteiger partial charge is 0.461 e. The Morgan fingerprint density at radius 1 is 1.07 bits per heavy atom. The first kappa shape index (κ1) is 20.4. The largest absolute Gasteiger partial charge is 0.487 e. The summed E-state index contributed by atoms with van der Waals surface area (Å²) in [4.78, 5) is 0. The number of hydrogen-bond acceptors (Lipinski definition) is 2. The van der Waals surface area contributed by atoms with E-state index in [9.17, 15) is 26.3 Å². The van der Waals surface area contributed by atoms with E-state index >= 15 is 0 Å². The Balaban J connectivity index is 1.75. The first-order valence-electron chi connectivity index (χ1n) is 8.74. The van der Waals surface area contributed by atoms with Crippen LogP contribution in [-0.2, 0) is 6.42 Å². The molecule has 28 heavy (non-hydrogen) atoms. The first-order valence-corrected chi connectivity index (χ1v) is 8.74. The molecule has 1 aliphatic carbocycles. The number of rotatable bonds is 8. The van der Waals surface area contributed by atoms with Gasteiger partial charge in [-0.3, -0.25) is 0 Å². The molecule has 2 nitrogen and oxygen atoms in total. The molecule has 3 rings (SSSR count). The van der Waals surface area contributed by atoms with Crippen LogP contribution in [0.2, 0.25) is 0 Å². The van der Waals surface area contributed by atoms with Gasteiger partial charge in [0.05, 0.1) is 6.10 Å². The molecular formula is C20H18F6O2. The van der Waals surface area contributed by atoms with Crippen LogP contribution in [0.4, 0.5) is 26.3 Å². The second-order valence-electron chi connectivity index (χ2n) is 6.87. The molecule has 0 aromatic heterocycles. The molecule has 1 unspecified atom stereocenters. The number of ether oxygens (including phenoxy) is 2. The molecule has 0 amide bonds. The van der Waals surface area contributed by atoms with Gasteiger partial charge < -0.3 is 9.47 Å². The summed E-state index contributed by atoms with van der Waals surface area (Å²) in [6.45, 7) is 1.79. The van der Waals surface area contributed by atoms with E-state index in [2.05, 4.69) is 4.74 Å². The van der Waals surface area contributed by atoms with Crippen LogP contribution >= 0.6 is 0 Å². The van der Waals surface area contributed by atoms with E-state index in [1.54, 1.807) is 19.1 Å². The normalized spacial score (nSPS) is 15.6. The lowest BCUT2D eigenvalue weighted by molar-refractivity contribution is -0.253. The average Bonchev–Trinajstić information content (AvgIpc) is 3.39. The summed E-state index contributed by atoms with van der Waals surface area (Å²) >= 11 is 0. The van der Waals surface area contributed by atoms with E-state index in [0.717, 1.165) is 25.0 Å². The maximum absolute atomic E-state index is 13.9. The molecule has 1 aliphatic rings. The Bertz CT molecular complexity index is 835. The third kappa shape index (κ3) is 5.11. The van der Waals surface area contributed by atoms with Gasteiger partial charge in [0.25, 0.3) is 0 Å². The molecular weight excluding hydrogens is 386 g/mol. The van der Waals surface area contributed by atoms with Crippen molar-refractivity contribution < 1.29 is 35.8 Å². The molecule has 2 aromatic rings. The number of alkyl halides is 4. The highest BCUT2D eigenvalue weighted by Gasteiger charge is 2.44. The lowest BCUT2D eigenvalue weighted by atomic mass is 9.93. The van der Waals surface area contributed by atoms with Gasteiger partial charge in [-0.25, -0.2) is 8.78 Å². The van der Waals surface area contributed by atoms with Crippen LogP contribution in [0.3, 0.4) is 0 Å². The van der Waals surface area contributed by atoms with Gasteiger partial charge in [0.2, 0.25) is 0 Å². The fraction of sp³-hybridized carbons (Fsp3) is 0.400. The molecule has 0 N–H and O–H groups in total. The van der Waals surface area contributed by atoms with E-state index in [1.807, 2.05) is 0 Å². The monoisotopic (exact) mass is 404 g/mol. The molecule has 0 radical (unpaired) electrons. The highest BCUT2D eigenvalue weighted by atomic mass is 19.3. The van der Waals surface area contributed by atoms with Gasteiger partial charge in [-0.2, -0.15) is 17.6 Å². The van der Waals surface area contributed by atoms with E-state index in [-0.39, 0.29) is 29.8 Å². The molecule has 1 fully saturated rings. The number of hydrogen-bond donors (Lipinski definition) is 0. The quantitative estimate of drug-likeness (QED) is 0.496. The van der Waals surface area contributed by atoms with Crippen LogP contribution in [-0.4, -0.2) is 18.6 Å². The van der Waals surface area contributed by atoms with Crippen LogP contribution in [0.1, 0.15) is 36.8 Å². The molecule has 0 spiro atoms. The minimum absolute atomic E-state index is 0.0134. The summed E-state index contributed by atoms with van der Waals surface area (Å²) in [5, 5.41) is 0. The van der Waals surface area contributed by atoms with Crippen LogP contribution in [0.5, 0.6) is 11.5 Å². The maximum atomic E-state index is 13.9. The van der Waals surface area contributed by atoms with Crippen molar-refractivity contribution in [3.05, 3.63) is 59.2 Å². The Morgan fingerprint density at radius 3 is 2.43 bits per heavy atom.